The van der Waals surface area contributed by atoms with E-state index in [1.807, 2.05) is 39.0 Å². The third-order valence-corrected chi connectivity index (χ3v) is 7.96. The standard InChI is InChI=1S/C24H30N2O4S/c1-17-11-12-20-21(15-24(2,3)30-22(20)14-17)25-23(27)18-8-7-13-26(16-18)31(28,29)19-9-5-4-6-10-19/h4-6,9-12,14,18,21H,7-8,13,15-16H2,1-3H3,(H,25,27)/t18-,21+/m1/s1. The maximum absolute atomic E-state index is 13.2. The molecule has 0 unspecified atom stereocenters. The first-order chi connectivity index (χ1) is 14.7. The molecule has 1 saturated heterocycles. The van der Waals surface area contributed by atoms with Gasteiger partial charge in [0.05, 0.1) is 16.9 Å². The quantitative estimate of drug-likeness (QED) is 0.781. The van der Waals surface area contributed by atoms with Crippen LogP contribution in [-0.2, 0) is 14.8 Å². The van der Waals surface area contributed by atoms with Gasteiger partial charge in [0.25, 0.3) is 0 Å². The number of hydrogen-bond donors (Lipinski definition) is 1. The number of fused-ring (bicyclic) bond motifs is 1. The molecule has 1 fully saturated rings. The van der Waals surface area contributed by atoms with Crippen molar-refractivity contribution in [2.24, 2.45) is 5.92 Å². The molecule has 0 aromatic heterocycles. The van der Waals surface area contributed by atoms with E-state index in [1.54, 1.807) is 30.3 Å². The lowest BCUT2D eigenvalue weighted by atomic mass is 9.88. The summed E-state index contributed by atoms with van der Waals surface area (Å²) in [6.45, 7) is 6.70. The van der Waals surface area contributed by atoms with E-state index in [4.69, 9.17) is 4.74 Å². The summed E-state index contributed by atoms with van der Waals surface area (Å²) in [6, 6.07) is 14.3. The molecule has 6 nitrogen and oxygen atoms in total. The highest BCUT2D eigenvalue weighted by molar-refractivity contribution is 7.89. The summed E-state index contributed by atoms with van der Waals surface area (Å²) < 4.78 is 33.6. The maximum atomic E-state index is 13.2. The van der Waals surface area contributed by atoms with Crippen LogP contribution in [0.3, 0.4) is 0 Å². The van der Waals surface area contributed by atoms with Crippen LogP contribution in [0, 0.1) is 12.8 Å². The third kappa shape index (κ3) is 4.62. The SMILES string of the molecule is Cc1ccc2c(c1)OC(C)(C)C[C@@H]2NC(=O)[C@@H]1CCCN(S(=O)(=O)c2ccccc2)C1. The average molecular weight is 443 g/mol. The zero-order chi connectivity index (χ0) is 22.2. The van der Waals surface area contributed by atoms with Gasteiger partial charge in [-0.05, 0) is 57.4 Å². The van der Waals surface area contributed by atoms with Crippen LogP contribution in [-0.4, -0.2) is 37.3 Å². The van der Waals surface area contributed by atoms with Crippen LogP contribution >= 0.6 is 0 Å². The summed E-state index contributed by atoms with van der Waals surface area (Å²) >= 11 is 0. The van der Waals surface area contributed by atoms with E-state index in [0.717, 1.165) is 16.9 Å². The Labute approximate surface area is 184 Å². The molecule has 0 saturated carbocycles. The first-order valence-electron chi connectivity index (χ1n) is 10.8. The summed E-state index contributed by atoms with van der Waals surface area (Å²) in [5.41, 5.74) is 1.69. The summed E-state index contributed by atoms with van der Waals surface area (Å²) in [5, 5.41) is 3.19. The van der Waals surface area contributed by atoms with Gasteiger partial charge in [0.2, 0.25) is 15.9 Å². The molecule has 0 radical (unpaired) electrons. The fraction of sp³-hybridized carbons (Fsp3) is 0.458. The van der Waals surface area contributed by atoms with Gasteiger partial charge in [-0.15, -0.1) is 0 Å². The number of hydrogen-bond acceptors (Lipinski definition) is 4. The van der Waals surface area contributed by atoms with E-state index in [9.17, 15) is 13.2 Å². The second kappa shape index (κ2) is 8.28. The van der Waals surface area contributed by atoms with E-state index in [1.165, 1.54) is 4.31 Å². The van der Waals surface area contributed by atoms with Crippen molar-refractivity contribution in [3.05, 3.63) is 59.7 Å². The van der Waals surface area contributed by atoms with Crippen molar-refractivity contribution in [2.75, 3.05) is 13.1 Å². The molecule has 0 aliphatic carbocycles. The summed E-state index contributed by atoms with van der Waals surface area (Å²) in [4.78, 5) is 13.5. The van der Waals surface area contributed by atoms with Crippen molar-refractivity contribution in [1.29, 1.82) is 0 Å². The predicted molar refractivity (Wildman–Crippen MR) is 119 cm³/mol. The molecule has 2 aromatic carbocycles. The molecule has 0 spiro atoms. The molecule has 0 bridgehead atoms. The van der Waals surface area contributed by atoms with Gasteiger partial charge in [0, 0.05) is 25.1 Å². The van der Waals surface area contributed by atoms with Crippen LogP contribution in [0.4, 0.5) is 0 Å². The van der Waals surface area contributed by atoms with Gasteiger partial charge in [-0.2, -0.15) is 4.31 Å². The Morgan fingerprint density at radius 3 is 2.65 bits per heavy atom. The topological polar surface area (TPSA) is 75.7 Å². The number of nitrogens with one attached hydrogen (secondary N) is 1. The van der Waals surface area contributed by atoms with Gasteiger partial charge in [-0.25, -0.2) is 8.42 Å². The highest BCUT2D eigenvalue weighted by Gasteiger charge is 2.38. The van der Waals surface area contributed by atoms with Gasteiger partial charge in [0.1, 0.15) is 11.4 Å². The molecular weight excluding hydrogens is 412 g/mol. The molecule has 31 heavy (non-hydrogen) atoms. The number of aryl methyl sites for hydroxylation is 1. The minimum Gasteiger partial charge on any atom is -0.487 e. The van der Waals surface area contributed by atoms with Crippen molar-refractivity contribution in [1.82, 2.24) is 9.62 Å². The lowest BCUT2D eigenvalue weighted by Gasteiger charge is -2.39. The zero-order valence-electron chi connectivity index (χ0n) is 18.3. The molecule has 4 rings (SSSR count). The average Bonchev–Trinajstić information content (AvgIpc) is 2.73. The number of amides is 1. The fourth-order valence-electron chi connectivity index (χ4n) is 4.49. The van der Waals surface area contributed by atoms with Gasteiger partial charge in [0.15, 0.2) is 0 Å². The van der Waals surface area contributed by atoms with Gasteiger partial charge in [-0.1, -0.05) is 30.3 Å². The van der Waals surface area contributed by atoms with Crippen molar-refractivity contribution < 1.29 is 17.9 Å². The number of sulfonamides is 1. The molecular formula is C24H30N2O4S. The summed E-state index contributed by atoms with van der Waals surface area (Å²) in [6.07, 6.45) is 2.01. The summed E-state index contributed by atoms with van der Waals surface area (Å²) in [7, 11) is -3.60. The predicted octanol–water partition coefficient (Wildman–Crippen LogP) is 3.81. The number of carbonyl (C=O) groups is 1. The minimum absolute atomic E-state index is 0.0952. The number of rotatable bonds is 4. The van der Waals surface area contributed by atoms with Gasteiger partial charge >= 0.3 is 0 Å². The van der Waals surface area contributed by atoms with Crippen molar-refractivity contribution in [3.63, 3.8) is 0 Å². The minimum atomic E-state index is -3.60. The molecule has 7 heteroatoms. The smallest absolute Gasteiger partial charge is 0.243 e. The Kier molecular flexibility index (Phi) is 5.83. The van der Waals surface area contributed by atoms with Crippen LogP contribution < -0.4 is 10.1 Å². The van der Waals surface area contributed by atoms with Crippen LogP contribution in [0.5, 0.6) is 5.75 Å². The molecule has 166 valence electrons. The molecule has 1 N–H and O–H groups in total. The van der Waals surface area contributed by atoms with E-state index < -0.39 is 15.6 Å². The Balaban J connectivity index is 1.50. The van der Waals surface area contributed by atoms with Gasteiger partial charge < -0.3 is 10.1 Å². The Morgan fingerprint density at radius 1 is 1.16 bits per heavy atom. The molecule has 2 atom stereocenters. The highest BCUT2D eigenvalue weighted by Crippen LogP contribution is 2.40. The third-order valence-electron chi connectivity index (χ3n) is 6.08. The largest absolute Gasteiger partial charge is 0.487 e. The van der Waals surface area contributed by atoms with E-state index >= 15 is 0 Å². The lowest BCUT2D eigenvalue weighted by molar-refractivity contribution is -0.127. The Bertz CT molecular complexity index is 1070. The molecule has 2 aliphatic rings. The zero-order valence-corrected chi connectivity index (χ0v) is 19.1. The van der Waals surface area contributed by atoms with Crippen LogP contribution in [0.2, 0.25) is 0 Å². The first kappa shape index (κ1) is 21.8. The highest BCUT2D eigenvalue weighted by atomic mass is 32.2. The summed E-state index contributed by atoms with van der Waals surface area (Å²) in [5.74, 6) is 0.341. The van der Waals surface area contributed by atoms with Crippen LogP contribution in [0.15, 0.2) is 53.4 Å². The van der Waals surface area contributed by atoms with E-state index in [0.29, 0.717) is 25.8 Å². The first-order valence-corrected chi connectivity index (χ1v) is 12.2. The van der Waals surface area contributed by atoms with Crippen molar-refractivity contribution in [3.8, 4) is 5.75 Å². The van der Waals surface area contributed by atoms with Crippen LogP contribution in [0.1, 0.15) is 50.3 Å². The van der Waals surface area contributed by atoms with E-state index in [-0.39, 0.29) is 29.3 Å². The van der Waals surface area contributed by atoms with E-state index in [2.05, 4.69) is 5.32 Å². The van der Waals surface area contributed by atoms with Crippen molar-refractivity contribution >= 4 is 15.9 Å². The Morgan fingerprint density at radius 2 is 1.90 bits per heavy atom. The normalized spacial score (nSPS) is 23.5. The molecule has 2 aliphatic heterocycles. The lowest BCUT2D eigenvalue weighted by Crippen LogP contribution is -2.48. The van der Waals surface area contributed by atoms with Crippen molar-refractivity contribution in [2.45, 2.75) is 56.6 Å². The molecule has 1 amide bonds. The second-order valence-corrected chi connectivity index (χ2v) is 11.1. The molecule has 2 aromatic rings. The van der Waals surface area contributed by atoms with Gasteiger partial charge in [-0.3, -0.25) is 4.79 Å². The van der Waals surface area contributed by atoms with Crippen LogP contribution in [0.25, 0.3) is 0 Å². The molecule has 2 heterocycles. The fourth-order valence-corrected chi connectivity index (χ4v) is 6.04. The Hall–Kier alpha value is -2.38. The second-order valence-electron chi connectivity index (χ2n) is 9.18. The monoisotopic (exact) mass is 442 g/mol. The number of carbonyl (C=O) groups excluding carboxylic acids is 1. The number of nitrogens with zero attached hydrogens (tertiary/aromatic N) is 1. The number of piperidine rings is 1. The maximum Gasteiger partial charge on any atom is 0.243 e. The number of benzene rings is 2. The number of ether oxygens (including phenoxy) is 1.